The zero-order valence-corrected chi connectivity index (χ0v) is 11.9. The number of alkyl halides is 1. The number of hydrogen-bond donors (Lipinski definition) is 0. The molecule has 1 aliphatic heterocycles. The van der Waals surface area contributed by atoms with Crippen molar-refractivity contribution in [3.8, 4) is 0 Å². The molecule has 5 heteroatoms. The summed E-state index contributed by atoms with van der Waals surface area (Å²) in [7, 11) is 0. The summed E-state index contributed by atoms with van der Waals surface area (Å²) in [6, 6.07) is 2.08. The third-order valence-electron chi connectivity index (χ3n) is 2.90. The van der Waals surface area contributed by atoms with Crippen molar-refractivity contribution in [2.24, 2.45) is 0 Å². The van der Waals surface area contributed by atoms with E-state index in [4.69, 9.17) is 4.74 Å². The number of ether oxygens (including phenoxy) is 1. The van der Waals surface area contributed by atoms with Crippen LogP contribution in [0.1, 0.15) is 25.5 Å². The van der Waals surface area contributed by atoms with Gasteiger partial charge in [-0.1, -0.05) is 29.8 Å². The van der Waals surface area contributed by atoms with E-state index in [1.165, 1.54) is 0 Å². The van der Waals surface area contributed by atoms with E-state index >= 15 is 0 Å². The van der Waals surface area contributed by atoms with Crippen LogP contribution in [0.4, 0.5) is 5.82 Å². The summed E-state index contributed by atoms with van der Waals surface area (Å²) >= 11 is 3.46. The summed E-state index contributed by atoms with van der Waals surface area (Å²) in [5.41, 5.74) is 1.09. The lowest BCUT2D eigenvalue weighted by Gasteiger charge is -2.33. The van der Waals surface area contributed by atoms with Crippen LogP contribution in [-0.2, 0) is 4.74 Å². The highest BCUT2D eigenvalue weighted by Crippen LogP contribution is 2.19. The van der Waals surface area contributed by atoms with Gasteiger partial charge in [-0.25, -0.2) is 9.97 Å². The first-order chi connectivity index (χ1) is 8.20. The Bertz CT molecular complexity index is 373. The zero-order chi connectivity index (χ0) is 12.3. The van der Waals surface area contributed by atoms with Crippen molar-refractivity contribution >= 4 is 21.7 Å². The molecule has 0 aliphatic carbocycles. The smallest absolute Gasteiger partial charge is 0.132 e. The Morgan fingerprint density at radius 1 is 1.53 bits per heavy atom. The molecular formula is C12H18BrN3O. The summed E-state index contributed by atoms with van der Waals surface area (Å²) < 4.78 is 5.62. The largest absolute Gasteiger partial charge is 0.374 e. The molecule has 1 aliphatic rings. The van der Waals surface area contributed by atoms with Gasteiger partial charge in [0.1, 0.15) is 12.1 Å². The van der Waals surface area contributed by atoms with E-state index in [0.717, 1.165) is 36.5 Å². The molecule has 2 rings (SSSR count). The number of nitrogens with zero attached hydrogens (tertiary/aromatic N) is 3. The second-order valence-corrected chi connectivity index (χ2v) is 5.20. The highest BCUT2D eigenvalue weighted by Gasteiger charge is 2.20. The van der Waals surface area contributed by atoms with Gasteiger partial charge in [0.05, 0.1) is 12.7 Å². The minimum absolute atomic E-state index is 0.251. The Morgan fingerprint density at radius 3 is 3.06 bits per heavy atom. The van der Waals surface area contributed by atoms with Gasteiger partial charge in [-0.2, -0.15) is 0 Å². The van der Waals surface area contributed by atoms with Gasteiger partial charge in [0.2, 0.25) is 0 Å². The van der Waals surface area contributed by atoms with Crippen LogP contribution >= 0.6 is 15.9 Å². The number of aromatic nitrogens is 2. The molecule has 0 amide bonds. The van der Waals surface area contributed by atoms with E-state index in [9.17, 15) is 0 Å². The molecule has 17 heavy (non-hydrogen) atoms. The van der Waals surface area contributed by atoms with E-state index in [0.29, 0.717) is 5.92 Å². The van der Waals surface area contributed by atoms with Crippen LogP contribution in [0.3, 0.4) is 0 Å². The Hall–Kier alpha value is -0.680. The molecule has 1 unspecified atom stereocenters. The van der Waals surface area contributed by atoms with E-state index in [1.807, 2.05) is 0 Å². The zero-order valence-electron chi connectivity index (χ0n) is 10.3. The fourth-order valence-electron chi connectivity index (χ4n) is 1.87. The molecular weight excluding hydrogens is 282 g/mol. The van der Waals surface area contributed by atoms with Crippen LogP contribution in [0.15, 0.2) is 12.4 Å². The maximum atomic E-state index is 5.62. The number of rotatable bonds is 3. The number of hydrogen-bond acceptors (Lipinski definition) is 4. The number of morpholine rings is 1. The lowest BCUT2D eigenvalue weighted by molar-refractivity contribution is 0.0568. The third kappa shape index (κ3) is 3.16. The predicted octanol–water partition coefficient (Wildman–Crippen LogP) is 2.20. The van der Waals surface area contributed by atoms with Gasteiger partial charge in [0, 0.05) is 30.2 Å². The first kappa shape index (κ1) is 12.8. The summed E-state index contributed by atoms with van der Waals surface area (Å²) in [5, 5.41) is 0.867. The van der Waals surface area contributed by atoms with Crippen LogP contribution in [0.2, 0.25) is 0 Å². The molecule has 0 aromatic carbocycles. The van der Waals surface area contributed by atoms with Gasteiger partial charge in [-0.05, 0) is 5.92 Å². The van der Waals surface area contributed by atoms with Crippen molar-refractivity contribution in [2.45, 2.75) is 25.9 Å². The molecule has 2 heterocycles. The standard InChI is InChI=1S/C12H18BrN3O/c1-9(2)11-5-12(15-8-14-11)16-3-4-17-10(6-13)7-16/h5,8-10H,3-4,6-7H2,1-2H3. The molecule has 1 fully saturated rings. The minimum atomic E-state index is 0.251. The molecule has 0 N–H and O–H groups in total. The molecule has 1 saturated heterocycles. The van der Waals surface area contributed by atoms with E-state index in [-0.39, 0.29) is 6.10 Å². The average Bonchev–Trinajstić information content (AvgIpc) is 2.39. The summed E-state index contributed by atoms with van der Waals surface area (Å²) in [4.78, 5) is 10.9. The highest BCUT2D eigenvalue weighted by atomic mass is 79.9. The predicted molar refractivity (Wildman–Crippen MR) is 71.9 cm³/mol. The lowest BCUT2D eigenvalue weighted by atomic mass is 10.1. The van der Waals surface area contributed by atoms with Gasteiger partial charge in [-0.15, -0.1) is 0 Å². The monoisotopic (exact) mass is 299 g/mol. The van der Waals surface area contributed by atoms with Crippen LogP contribution in [0.5, 0.6) is 0 Å². The van der Waals surface area contributed by atoms with Gasteiger partial charge in [-0.3, -0.25) is 0 Å². The van der Waals surface area contributed by atoms with Crippen LogP contribution in [0, 0.1) is 0 Å². The fourth-order valence-corrected chi connectivity index (χ4v) is 2.26. The quantitative estimate of drug-likeness (QED) is 0.802. The van der Waals surface area contributed by atoms with Gasteiger partial charge in [0.15, 0.2) is 0 Å². The van der Waals surface area contributed by atoms with E-state index in [2.05, 4.69) is 50.7 Å². The van der Waals surface area contributed by atoms with Crippen molar-refractivity contribution in [1.82, 2.24) is 9.97 Å². The molecule has 1 aromatic rings. The van der Waals surface area contributed by atoms with Gasteiger partial charge >= 0.3 is 0 Å². The van der Waals surface area contributed by atoms with Gasteiger partial charge < -0.3 is 9.64 Å². The Balaban J connectivity index is 2.13. The number of anilines is 1. The SMILES string of the molecule is CC(C)c1cc(N2CCOC(CBr)C2)ncn1. The number of halogens is 1. The normalized spacial score (nSPS) is 20.9. The Labute approximate surface area is 111 Å². The molecule has 0 bridgehead atoms. The van der Waals surface area contributed by atoms with Crippen molar-refractivity contribution in [2.75, 3.05) is 29.9 Å². The topological polar surface area (TPSA) is 38.2 Å². The summed E-state index contributed by atoms with van der Waals surface area (Å²) in [6.07, 6.45) is 1.91. The second kappa shape index (κ2) is 5.78. The van der Waals surface area contributed by atoms with E-state index < -0.39 is 0 Å². The Kier molecular flexibility index (Phi) is 4.34. The third-order valence-corrected chi connectivity index (χ3v) is 3.62. The second-order valence-electron chi connectivity index (χ2n) is 4.55. The van der Waals surface area contributed by atoms with Crippen LogP contribution in [-0.4, -0.2) is 41.1 Å². The van der Waals surface area contributed by atoms with Crippen molar-refractivity contribution < 1.29 is 4.74 Å². The van der Waals surface area contributed by atoms with Gasteiger partial charge in [0.25, 0.3) is 0 Å². The highest BCUT2D eigenvalue weighted by molar-refractivity contribution is 9.09. The maximum absolute atomic E-state index is 5.62. The van der Waals surface area contributed by atoms with Crippen molar-refractivity contribution in [3.63, 3.8) is 0 Å². The van der Waals surface area contributed by atoms with Crippen molar-refractivity contribution in [1.29, 1.82) is 0 Å². The molecule has 0 radical (unpaired) electrons. The summed E-state index contributed by atoms with van der Waals surface area (Å²) in [6.45, 7) is 6.84. The molecule has 0 saturated carbocycles. The molecule has 94 valence electrons. The molecule has 4 nitrogen and oxygen atoms in total. The van der Waals surface area contributed by atoms with Crippen LogP contribution < -0.4 is 4.90 Å². The summed E-state index contributed by atoms with van der Waals surface area (Å²) in [5.74, 6) is 1.45. The fraction of sp³-hybridized carbons (Fsp3) is 0.667. The first-order valence-electron chi connectivity index (χ1n) is 5.95. The lowest BCUT2D eigenvalue weighted by Crippen LogP contribution is -2.43. The van der Waals surface area contributed by atoms with Crippen LogP contribution in [0.25, 0.3) is 0 Å². The molecule has 1 aromatic heterocycles. The van der Waals surface area contributed by atoms with Crippen molar-refractivity contribution in [3.05, 3.63) is 18.1 Å². The van der Waals surface area contributed by atoms with E-state index in [1.54, 1.807) is 6.33 Å². The minimum Gasteiger partial charge on any atom is -0.374 e. The Morgan fingerprint density at radius 2 is 2.35 bits per heavy atom. The maximum Gasteiger partial charge on any atom is 0.132 e. The molecule has 0 spiro atoms. The first-order valence-corrected chi connectivity index (χ1v) is 7.07. The molecule has 1 atom stereocenters. The average molecular weight is 300 g/mol.